The molecule has 0 radical (unpaired) electrons. The SMILES string of the molecule is CC(C)SCCNC(=O)c1cc2ccccc2c(Cl)c1NC(=O)c1cc(C(F)F)nn1-c1ncccc1Cl. The highest BCUT2D eigenvalue weighted by Crippen LogP contribution is 2.35. The quantitative estimate of drug-likeness (QED) is 0.214. The molecule has 12 heteroatoms. The maximum Gasteiger partial charge on any atom is 0.282 e. The third-order valence-electron chi connectivity index (χ3n) is 5.43. The van der Waals surface area contributed by atoms with Gasteiger partial charge < -0.3 is 10.6 Å². The van der Waals surface area contributed by atoms with Gasteiger partial charge in [-0.25, -0.2) is 18.4 Å². The molecule has 0 aliphatic heterocycles. The minimum Gasteiger partial charge on any atom is -0.351 e. The zero-order valence-corrected chi connectivity index (χ0v) is 22.7. The lowest BCUT2D eigenvalue weighted by molar-refractivity contribution is 0.0957. The van der Waals surface area contributed by atoms with Crippen LogP contribution in [0.5, 0.6) is 0 Å². The number of pyridine rings is 1. The highest BCUT2D eigenvalue weighted by atomic mass is 35.5. The minimum atomic E-state index is -2.94. The van der Waals surface area contributed by atoms with E-state index in [0.29, 0.717) is 28.3 Å². The average Bonchev–Trinajstić information content (AvgIpc) is 3.34. The summed E-state index contributed by atoms with van der Waals surface area (Å²) in [7, 11) is 0. The number of nitrogens with zero attached hydrogens (tertiary/aromatic N) is 3. The van der Waals surface area contributed by atoms with Crippen LogP contribution in [0.3, 0.4) is 0 Å². The molecule has 198 valence electrons. The van der Waals surface area contributed by atoms with Crippen LogP contribution in [0.15, 0.2) is 54.7 Å². The van der Waals surface area contributed by atoms with Gasteiger partial charge in [0.1, 0.15) is 11.4 Å². The molecule has 0 unspecified atom stereocenters. The number of thioether (sulfide) groups is 1. The van der Waals surface area contributed by atoms with Crippen LogP contribution in [0.4, 0.5) is 14.5 Å². The number of carbonyl (C=O) groups is 2. The summed E-state index contributed by atoms with van der Waals surface area (Å²) in [6, 6.07) is 12.8. The van der Waals surface area contributed by atoms with Crippen molar-refractivity contribution in [2.75, 3.05) is 17.6 Å². The number of aromatic nitrogens is 3. The fourth-order valence-electron chi connectivity index (χ4n) is 3.70. The number of anilines is 1. The molecule has 0 spiro atoms. The lowest BCUT2D eigenvalue weighted by Crippen LogP contribution is -2.28. The van der Waals surface area contributed by atoms with Crippen molar-refractivity contribution in [2.45, 2.75) is 25.5 Å². The van der Waals surface area contributed by atoms with E-state index in [1.165, 1.54) is 12.3 Å². The zero-order valence-electron chi connectivity index (χ0n) is 20.3. The predicted octanol–water partition coefficient (Wildman–Crippen LogP) is 6.79. The van der Waals surface area contributed by atoms with Gasteiger partial charge in [-0.05, 0) is 34.9 Å². The molecule has 0 saturated heterocycles. The van der Waals surface area contributed by atoms with Crippen molar-refractivity contribution in [3.05, 3.63) is 81.7 Å². The monoisotopic (exact) mass is 577 g/mol. The van der Waals surface area contributed by atoms with Gasteiger partial charge in [-0.1, -0.05) is 61.3 Å². The van der Waals surface area contributed by atoms with E-state index in [1.807, 2.05) is 0 Å². The molecule has 2 aromatic carbocycles. The molecule has 2 aromatic heterocycles. The Bertz CT molecular complexity index is 1500. The van der Waals surface area contributed by atoms with Crippen LogP contribution in [0.2, 0.25) is 10.0 Å². The van der Waals surface area contributed by atoms with Gasteiger partial charge in [0, 0.05) is 23.9 Å². The van der Waals surface area contributed by atoms with Gasteiger partial charge in [0.2, 0.25) is 0 Å². The zero-order chi connectivity index (χ0) is 27.4. The standard InChI is InChI=1S/C26H23Cl2F2N5O2S/c1-14(2)38-11-10-32-25(36)17-12-15-6-3-4-7-16(15)21(28)22(17)33-26(37)20-13-19(23(29)30)34-35(20)24-18(27)8-5-9-31-24/h3-9,12-14,23H,10-11H2,1-2H3,(H,32,36)(H,33,37). The van der Waals surface area contributed by atoms with E-state index < -0.39 is 23.9 Å². The second-order valence-electron chi connectivity index (χ2n) is 8.44. The van der Waals surface area contributed by atoms with Gasteiger partial charge >= 0.3 is 0 Å². The van der Waals surface area contributed by atoms with Gasteiger partial charge in [-0.3, -0.25) is 9.59 Å². The van der Waals surface area contributed by atoms with Crippen LogP contribution in [0.25, 0.3) is 16.6 Å². The Labute approximate surface area is 231 Å². The summed E-state index contributed by atoms with van der Waals surface area (Å²) in [5, 5.41) is 11.3. The van der Waals surface area contributed by atoms with Gasteiger partial charge in [0.15, 0.2) is 5.82 Å². The summed E-state index contributed by atoms with van der Waals surface area (Å²) in [5.74, 6) is -0.566. The van der Waals surface area contributed by atoms with Crippen molar-refractivity contribution in [3.63, 3.8) is 0 Å². The van der Waals surface area contributed by atoms with E-state index in [-0.39, 0.29) is 32.8 Å². The first kappa shape index (κ1) is 27.8. The smallest absolute Gasteiger partial charge is 0.282 e. The lowest BCUT2D eigenvalue weighted by atomic mass is 10.0. The van der Waals surface area contributed by atoms with Crippen LogP contribution in [-0.2, 0) is 0 Å². The average molecular weight is 578 g/mol. The fraction of sp³-hybridized carbons (Fsp3) is 0.231. The molecular weight excluding hydrogens is 555 g/mol. The number of carbonyl (C=O) groups excluding carboxylic acids is 2. The van der Waals surface area contributed by atoms with Gasteiger partial charge in [-0.2, -0.15) is 16.9 Å². The van der Waals surface area contributed by atoms with Crippen molar-refractivity contribution in [1.82, 2.24) is 20.1 Å². The largest absolute Gasteiger partial charge is 0.351 e. The Balaban J connectivity index is 1.74. The summed E-state index contributed by atoms with van der Waals surface area (Å²) in [5.41, 5.74) is -0.720. The fourth-order valence-corrected chi connectivity index (χ4v) is 4.91. The molecular formula is C26H23Cl2F2N5O2S. The first-order valence-corrected chi connectivity index (χ1v) is 13.4. The number of alkyl halides is 2. The molecule has 2 amide bonds. The van der Waals surface area contributed by atoms with Gasteiger partial charge in [0.25, 0.3) is 18.2 Å². The van der Waals surface area contributed by atoms with Crippen molar-refractivity contribution in [2.24, 2.45) is 0 Å². The molecule has 0 bridgehead atoms. The Morgan fingerprint density at radius 3 is 2.55 bits per heavy atom. The second-order valence-corrected chi connectivity index (χ2v) is 10.9. The van der Waals surface area contributed by atoms with Crippen molar-refractivity contribution in [1.29, 1.82) is 0 Å². The molecule has 0 aliphatic rings. The first-order chi connectivity index (χ1) is 18.2. The number of rotatable bonds is 9. The molecule has 0 saturated carbocycles. The van der Waals surface area contributed by atoms with Crippen LogP contribution in [0.1, 0.15) is 46.8 Å². The van der Waals surface area contributed by atoms with Crippen LogP contribution in [-0.4, -0.2) is 44.1 Å². The molecule has 0 fully saturated rings. The number of nitrogens with one attached hydrogen (secondary N) is 2. The predicted molar refractivity (Wildman–Crippen MR) is 148 cm³/mol. The van der Waals surface area contributed by atoms with Crippen LogP contribution < -0.4 is 10.6 Å². The third kappa shape index (κ3) is 6.09. The van der Waals surface area contributed by atoms with E-state index in [4.69, 9.17) is 23.2 Å². The highest BCUT2D eigenvalue weighted by Gasteiger charge is 2.26. The molecule has 0 aliphatic carbocycles. The summed E-state index contributed by atoms with van der Waals surface area (Å²) in [4.78, 5) is 30.7. The number of halogens is 4. The molecule has 2 heterocycles. The van der Waals surface area contributed by atoms with E-state index in [1.54, 1.807) is 48.2 Å². The van der Waals surface area contributed by atoms with E-state index >= 15 is 0 Å². The molecule has 7 nitrogen and oxygen atoms in total. The number of hydrogen-bond donors (Lipinski definition) is 2. The summed E-state index contributed by atoms with van der Waals surface area (Å²) < 4.78 is 28.0. The van der Waals surface area contributed by atoms with Crippen LogP contribution >= 0.6 is 35.0 Å². The van der Waals surface area contributed by atoms with Gasteiger partial charge in [0.05, 0.1) is 21.3 Å². The number of fused-ring (bicyclic) bond motifs is 1. The maximum absolute atomic E-state index is 13.5. The number of amides is 2. The Morgan fingerprint density at radius 1 is 1.08 bits per heavy atom. The molecule has 4 rings (SSSR count). The Hall–Kier alpha value is -3.21. The summed E-state index contributed by atoms with van der Waals surface area (Å²) in [6.07, 6.45) is -1.55. The van der Waals surface area contributed by atoms with Crippen LogP contribution in [0, 0.1) is 0 Å². The Morgan fingerprint density at radius 2 is 1.84 bits per heavy atom. The minimum absolute atomic E-state index is 0.00329. The van der Waals surface area contributed by atoms with E-state index in [9.17, 15) is 18.4 Å². The molecule has 38 heavy (non-hydrogen) atoms. The number of hydrogen-bond acceptors (Lipinski definition) is 5. The summed E-state index contributed by atoms with van der Waals surface area (Å²) >= 11 is 14.6. The topological polar surface area (TPSA) is 88.9 Å². The number of benzene rings is 2. The Kier molecular flexibility index (Phi) is 8.86. The third-order valence-corrected chi connectivity index (χ3v) is 7.23. The maximum atomic E-state index is 13.5. The summed E-state index contributed by atoms with van der Waals surface area (Å²) in [6.45, 7) is 4.53. The van der Waals surface area contributed by atoms with Crippen molar-refractivity contribution in [3.8, 4) is 5.82 Å². The molecule has 4 aromatic rings. The van der Waals surface area contributed by atoms with Crippen molar-refractivity contribution < 1.29 is 18.4 Å². The normalized spacial score (nSPS) is 11.4. The van der Waals surface area contributed by atoms with Crippen molar-refractivity contribution >= 4 is 63.2 Å². The van der Waals surface area contributed by atoms with Gasteiger partial charge in [-0.15, -0.1) is 0 Å². The molecule has 2 N–H and O–H groups in total. The highest BCUT2D eigenvalue weighted by molar-refractivity contribution is 7.99. The van der Waals surface area contributed by atoms with E-state index in [0.717, 1.165) is 10.7 Å². The second kappa shape index (κ2) is 12.1. The molecule has 0 atom stereocenters. The lowest BCUT2D eigenvalue weighted by Gasteiger charge is -2.16. The van der Waals surface area contributed by atoms with E-state index in [2.05, 4.69) is 34.6 Å². The first-order valence-electron chi connectivity index (χ1n) is 11.6.